The lowest BCUT2D eigenvalue weighted by atomic mass is 10.2. The smallest absolute Gasteiger partial charge is 0.260 e. The lowest BCUT2D eigenvalue weighted by molar-refractivity contribution is 0.0983. The van der Waals surface area contributed by atoms with Gasteiger partial charge in [0.2, 0.25) is 0 Å². The molecular formula is C24H30ClN3O3S. The maximum atomic E-state index is 13.6. The molecule has 32 heavy (non-hydrogen) atoms. The van der Waals surface area contributed by atoms with Gasteiger partial charge in [-0.15, -0.1) is 0 Å². The third-order valence-electron chi connectivity index (χ3n) is 5.15. The fourth-order valence-corrected chi connectivity index (χ4v) is 4.67. The van der Waals surface area contributed by atoms with E-state index in [4.69, 9.17) is 26.1 Å². The van der Waals surface area contributed by atoms with Crippen LogP contribution >= 0.6 is 22.9 Å². The molecule has 6 nitrogen and oxygen atoms in total. The van der Waals surface area contributed by atoms with Crippen molar-refractivity contribution in [1.82, 2.24) is 9.88 Å². The fourth-order valence-electron chi connectivity index (χ4n) is 3.39. The zero-order valence-electron chi connectivity index (χ0n) is 19.2. The van der Waals surface area contributed by atoms with Crippen molar-refractivity contribution in [2.24, 2.45) is 0 Å². The summed E-state index contributed by atoms with van der Waals surface area (Å²) >= 11 is 7.82. The molecule has 3 rings (SSSR count). The van der Waals surface area contributed by atoms with Crippen molar-refractivity contribution in [2.45, 2.75) is 33.8 Å². The van der Waals surface area contributed by atoms with Crippen LogP contribution in [0, 0.1) is 0 Å². The molecular weight excluding hydrogens is 446 g/mol. The predicted molar refractivity (Wildman–Crippen MR) is 133 cm³/mol. The van der Waals surface area contributed by atoms with Crippen molar-refractivity contribution in [3.8, 4) is 11.5 Å². The number of amides is 1. The summed E-state index contributed by atoms with van der Waals surface area (Å²) in [6.45, 7) is 11.3. The Hall–Kier alpha value is -2.35. The number of aromatic nitrogens is 1. The molecule has 0 bridgehead atoms. The summed E-state index contributed by atoms with van der Waals surface area (Å²) in [5.74, 6) is 1.27. The van der Waals surface area contributed by atoms with Crippen LogP contribution in [-0.4, -0.2) is 55.2 Å². The molecule has 0 fully saturated rings. The minimum atomic E-state index is -0.109. The minimum Gasteiger partial charge on any atom is -0.494 e. The van der Waals surface area contributed by atoms with E-state index in [0.717, 1.165) is 30.1 Å². The number of hydrogen-bond acceptors (Lipinski definition) is 6. The van der Waals surface area contributed by atoms with Crippen LogP contribution in [0.5, 0.6) is 11.5 Å². The lowest BCUT2D eigenvalue weighted by Crippen LogP contribution is -2.38. The number of ether oxygens (including phenoxy) is 2. The maximum Gasteiger partial charge on any atom is 0.260 e. The third-order valence-corrected chi connectivity index (χ3v) is 6.69. The highest BCUT2D eigenvalue weighted by molar-refractivity contribution is 7.23. The number of nitrogens with zero attached hydrogens (tertiary/aromatic N) is 3. The van der Waals surface area contributed by atoms with Crippen LogP contribution in [0.15, 0.2) is 36.4 Å². The van der Waals surface area contributed by atoms with Crippen molar-refractivity contribution < 1.29 is 14.3 Å². The monoisotopic (exact) mass is 475 g/mol. The Labute approximate surface area is 198 Å². The summed E-state index contributed by atoms with van der Waals surface area (Å²) < 4.78 is 12.0. The Morgan fingerprint density at radius 1 is 1.09 bits per heavy atom. The number of halogens is 1. The summed E-state index contributed by atoms with van der Waals surface area (Å²) in [5, 5.41) is 1.20. The van der Waals surface area contributed by atoms with Gasteiger partial charge in [0.25, 0.3) is 5.91 Å². The van der Waals surface area contributed by atoms with Gasteiger partial charge < -0.3 is 14.4 Å². The van der Waals surface area contributed by atoms with Crippen molar-refractivity contribution in [3.63, 3.8) is 0 Å². The van der Waals surface area contributed by atoms with E-state index >= 15 is 0 Å². The first-order chi connectivity index (χ1) is 15.4. The van der Waals surface area contributed by atoms with Crippen LogP contribution in [0.25, 0.3) is 10.2 Å². The van der Waals surface area contributed by atoms with Crippen molar-refractivity contribution >= 4 is 44.2 Å². The topological polar surface area (TPSA) is 54.9 Å². The van der Waals surface area contributed by atoms with Crippen LogP contribution in [0.4, 0.5) is 5.13 Å². The lowest BCUT2D eigenvalue weighted by Gasteiger charge is -2.24. The molecule has 0 N–H and O–H groups in total. The van der Waals surface area contributed by atoms with Crippen LogP contribution in [-0.2, 0) is 0 Å². The minimum absolute atomic E-state index is 0.0737. The molecule has 3 aromatic rings. The summed E-state index contributed by atoms with van der Waals surface area (Å²) in [6, 6.07) is 10.8. The average molecular weight is 476 g/mol. The third kappa shape index (κ3) is 5.52. The predicted octanol–water partition coefficient (Wildman–Crippen LogP) is 5.73. The molecule has 0 radical (unpaired) electrons. The number of anilines is 1. The molecule has 2 aromatic carbocycles. The Balaban J connectivity index is 1.97. The number of hydrogen-bond donors (Lipinski definition) is 0. The van der Waals surface area contributed by atoms with Gasteiger partial charge in [0.1, 0.15) is 17.0 Å². The number of carbonyl (C=O) groups excluding carboxylic acids is 1. The van der Waals surface area contributed by atoms with Gasteiger partial charge in [-0.2, -0.15) is 0 Å². The van der Waals surface area contributed by atoms with E-state index in [1.54, 1.807) is 36.3 Å². The second-order valence-corrected chi connectivity index (χ2v) is 8.98. The van der Waals surface area contributed by atoms with Gasteiger partial charge in [0.15, 0.2) is 5.13 Å². The first-order valence-corrected chi connectivity index (χ1v) is 12.0. The van der Waals surface area contributed by atoms with E-state index in [2.05, 4.69) is 18.7 Å². The number of thiazole rings is 1. The van der Waals surface area contributed by atoms with E-state index in [-0.39, 0.29) is 12.0 Å². The molecule has 0 saturated carbocycles. The summed E-state index contributed by atoms with van der Waals surface area (Å²) in [7, 11) is 1.60. The van der Waals surface area contributed by atoms with E-state index < -0.39 is 0 Å². The van der Waals surface area contributed by atoms with Gasteiger partial charge in [-0.1, -0.05) is 36.8 Å². The Morgan fingerprint density at radius 2 is 1.78 bits per heavy atom. The van der Waals surface area contributed by atoms with E-state index in [1.165, 1.54) is 11.3 Å². The largest absolute Gasteiger partial charge is 0.494 e. The van der Waals surface area contributed by atoms with Crippen molar-refractivity contribution in [2.75, 3.05) is 38.2 Å². The van der Waals surface area contributed by atoms with Crippen LogP contribution in [0.1, 0.15) is 38.1 Å². The molecule has 0 aliphatic heterocycles. The second-order valence-electron chi connectivity index (χ2n) is 7.60. The number of fused-ring (bicyclic) bond motifs is 1. The highest BCUT2D eigenvalue weighted by Gasteiger charge is 2.23. The molecule has 172 valence electrons. The first-order valence-electron chi connectivity index (χ1n) is 10.8. The molecule has 8 heteroatoms. The number of methoxy groups -OCH3 is 1. The molecule has 0 unspecified atom stereocenters. The SMILES string of the molecule is CCN(CC)CCN(C(=O)c1ccc(OC(C)C)cc1)c1nc2c(OC)ccc(Cl)c2s1. The number of likely N-dealkylation sites (N-methyl/N-ethyl adjacent to an activating group) is 1. The molecule has 0 spiro atoms. The zero-order valence-corrected chi connectivity index (χ0v) is 20.8. The van der Waals surface area contributed by atoms with Crippen molar-refractivity contribution in [1.29, 1.82) is 0 Å². The normalized spacial score (nSPS) is 11.4. The van der Waals surface area contributed by atoms with E-state index in [0.29, 0.717) is 33.5 Å². The van der Waals surface area contributed by atoms with Crippen LogP contribution in [0.2, 0.25) is 5.02 Å². The molecule has 0 atom stereocenters. The van der Waals surface area contributed by atoms with E-state index in [9.17, 15) is 4.79 Å². The van der Waals surface area contributed by atoms with Crippen molar-refractivity contribution in [3.05, 3.63) is 47.0 Å². The van der Waals surface area contributed by atoms with Gasteiger partial charge >= 0.3 is 0 Å². The summed E-state index contributed by atoms with van der Waals surface area (Å²) in [6.07, 6.45) is 0.0737. The van der Waals surface area contributed by atoms with Gasteiger partial charge in [0.05, 0.1) is 22.9 Å². The molecule has 0 aliphatic rings. The molecule has 1 heterocycles. The van der Waals surface area contributed by atoms with Crippen LogP contribution < -0.4 is 14.4 Å². The quantitative estimate of drug-likeness (QED) is 0.374. The zero-order chi connectivity index (χ0) is 23.3. The molecule has 1 amide bonds. The Bertz CT molecular complexity index is 1050. The van der Waals surface area contributed by atoms with Gasteiger partial charge in [-0.25, -0.2) is 4.98 Å². The molecule has 1 aromatic heterocycles. The molecule has 0 saturated heterocycles. The van der Waals surface area contributed by atoms with Gasteiger partial charge in [0, 0.05) is 18.7 Å². The summed E-state index contributed by atoms with van der Waals surface area (Å²) in [4.78, 5) is 22.3. The molecule has 0 aliphatic carbocycles. The standard InChI is InChI=1S/C24H30ClN3O3S/c1-6-27(7-2)14-15-28(23(29)17-8-10-18(11-9-17)31-16(3)4)24-26-21-20(30-5)13-12-19(25)22(21)32-24/h8-13,16H,6-7,14-15H2,1-5H3. The van der Waals surface area contributed by atoms with Crippen LogP contribution in [0.3, 0.4) is 0 Å². The number of benzene rings is 2. The maximum absolute atomic E-state index is 13.6. The second kappa shape index (κ2) is 11.0. The number of carbonyl (C=O) groups is 1. The Kier molecular flexibility index (Phi) is 8.34. The van der Waals surface area contributed by atoms with Gasteiger partial charge in [-0.3, -0.25) is 9.69 Å². The Morgan fingerprint density at radius 3 is 2.38 bits per heavy atom. The highest BCUT2D eigenvalue weighted by Crippen LogP contribution is 2.39. The fraction of sp³-hybridized carbons (Fsp3) is 0.417. The highest BCUT2D eigenvalue weighted by atomic mass is 35.5. The first kappa shape index (κ1) is 24.3. The summed E-state index contributed by atoms with van der Waals surface area (Å²) in [5.41, 5.74) is 1.25. The van der Waals surface area contributed by atoms with Gasteiger partial charge in [-0.05, 0) is 63.3 Å². The average Bonchev–Trinajstić information content (AvgIpc) is 3.23. The number of rotatable bonds is 10. The van der Waals surface area contributed by atoms with E-state index in [1.807, 2.05) is 26.0 Å².